The molecule has 1 heterocycles. The summed E-state index contributed by atoms with van der Waals surface area (Å²) in [7, 11) is 0. The standard InChI is InChI=1S/C29H33F3N2O3S/c1-8-36-27(35)28(6,7)37-24-14-9-21(15-19(24)4)16-34(18(2)3)17-25-20(5)33-26(38-25)22-10-12-23(13-11-22)29(30,31)32/h9-15H,2,8,16-17H2,1,3-7H3. The normalized spacial score (nSPS) is 11.8. The number of benzene rings is 2. The molecule has 2 aromatic carbocycles. The highest BCUT2D eigenvalue weighted by molar-refractivity contribution is 7.15. The van der Waals surface area contributed by atoms with E-state index in [0.29, 0.717) is 29.4 Å². The van der Waals surface area contributed by atoms with Crippen molar-refractivity contribution in [2.45, 2.75) is 66.4 Å². The van der Waals surface area contributed by atoms with Crippen LogP contribution < -0.4 is 4.74 Å². The van der Waals surface area contributed by atoms with E-state index >= 15 is 0 Å². The van der Waals surface area contributed by atoms with Gasteiger partial charge in [0.15, 0.2) is 5.60 Å². The van der Waals surface area contributed by atoms with E-state index in [1.807, 2.05) is 39.0 Å². The minimum Gasteiger partial charge on any atom is -0.476 e. The van der Waals surface area contributed by atoms with Gasteiger partial charge in [0.1, 0.15) is 10.8 Å². The number of alkyl halides is 3. The third-order valence-electron chi connectivity index (χ3n) is 5.97. The first kappa shape index (κ1) is 29.2. The Balaban J connectivity index is 1.75. The lowest BCUT2D eigenvalue weighted by Crippen LogP contribution is -2.39. The minimum absolute atomic E-state index is 0.283. The second kappa shape index (κ2) is 11.6. The molecule has 0 atom stereocenters. The molecule has 0 amide bonds. The lowest BCUT2D eigenvalue weighted by Gasteiger charge is -2.27. The van der Waals surface area contributed by atoms with Gasteiger partial charge in [-0.15, -0.1) is 11.3 Å². The van der Waals surface area contributed by atoms with Gasteiger partial charge in [0.25, 0.3) is 0 Å². The molecule has 5 nitrogen and oxygen atoms in total. The van der Waals surface area contributed by atoms with Gasteiger partial charge in [-0.05, 0) is 70.9 Å². The Morgan fingerprint density at radius 1 is 1.08 bits per heavy atom. The van der Waals surface area contributed by atoms with Crippen LogP contribution in [0.2, 0.25) is 0 Å². The van der Waals surface area contributed by atoms with Gasteiger partial charge in [0, 0.05) is 22.7 Å². The van der Waals surface area contributed by atoms with Crippen molar-refractivity contribution >= 4 is 17.3 Å². The van der Waals surface area contributed by atoms with Gasteiger partial charge in [-0.2, -0.15) is 13.2 Å². The first-order valence-electron chi connectivity index (χ1n) is 12.2. The fourth-order valence-corrected chi connectivity index (χ4v) is 4.85. The van der Waals surface area contributed by atoms with Crippen LogP contribution >= 0.6 is 11.3 Å². The number of thiazole rings is 1. The molecule has 9 heteroatoms. The number of hydrogen-bond acceptors (Lipinski definition) is 6. The van der Waals surface area contributed by atoms with Crippen LogP contribution in [-0.2, 0) is 28.8 Å². The molecule has 1 aromatic heterocycles. The first-order valence-corrected chi connectivity index (χ1v) is 13.0. The number of carbonyl (C=O) groups excluding carboxylic acids is 1. The number of aromatic nitrogens is 1. The summed E-state index contributed by atoms with van der Waals surface area (Å²) < 4.78 is 49.8. The summed E-state index contributed by atoms with van der Waals surface area (Å²) in [6.45, 7) is 16.4. The quantitative estimate of drug-likeness (QED) is 0.244. The van der Waals surface area contributed by atoms with Crippen molar-refractivity contribution in [3.63, 3.8) is 0 Å². The summed E-state index contributed by atoms with van der Waals surface area (Å²) in [6, 6.07) is 10.9. The first-order chi connectivity index (χ1) is 17.7. The topological polar surface area (TPSA) is 51.7 Å². The molecule has 0 unspecified atom stereocenters. The smallest absolute Gasteiger partial charge is 0.416 e. The summed E-state index contributed by atoms with van der Waals surface area (Å²) >= 11 is 1.46. The molecule has 0 aliphatic rings. The Morgan fingerprint density at radius 2 is 1.74 bits per heavy atom. The Labute approximate surface area is 225 Å². The molecule has 38 heavy (non-hydrogen) atoms. The van der Waals surface area contributed by atoms with E-state index < -0.39 is 23.3 Å². The van der Waals surface area contributed by atoms with Gasteiger partial charge in [-0.3, -0.25) is 0 Å². The summed E-state index contributed by atoms with van der Waals surface area (Å²) in [4.78, 5) is 19.9. The lowest BCUT2D eigenvalue weighted by atomic mass is 10.1. The van der Waals surface area contributed by atoms with E-state index in [0.717, 1.165) is 39.5 Å². The Bertz CT molecular complexity index is 1300. The van der Waals surface area contributed by atoms with Crippen molar-refractivity contribution in [3.05, 3.63) is 82.0 Å². The second-order valence-electron chi connectivity index (χ2n) is 9.63. The molecule has 3 aromatic rings. The van der Waals surface area contributed by atoms with Crippen molar-refractivity contribution in [2.24, 2.45) is 0 Å². The van der Waals surface area contributed by atoms with Crippen LogP contribution in [0.1, 0.15) is 55.0 Å². The maximum absolute atomic E-state index is 12.9. The van der Waals surface area contributed by atoms with Gasteiger partial charge in [-0.1, -0.05) is 30.8 Å². The zero-order chi connectivity index (χ0) is 28.3. The molecule has 0 N–H and O–H groups in total. The van der Waals surface area contributed by atoms with Crippen LogP contribution in [0.3, 0.4) is 0 Å². The van der Waals surface area contributed by atoms with E-state index in [1.54, 1.807) is 20.8 Å². The van der Waals surface area contributed by atoms with Crippen LogP contribution in [0.5, 0.6) is 5.75 Å². The van der Waals surface area contributed by atoms with Crippen molar-refractivity contribution in [3.8, 4) is 16.3 Å². The zero-order valence-corrected chi connectivity index (χ0v) is 23.3. The number of rotatable bonds is 10. The predicted octanol–water partition coefficient (Wildman–Crippen LogP) is 7.70. The number of halogens is 3. The molecule has 0 spiro atoms. The van der Waals surface area contributed by atoms with E-state index in [9.17, 15) is 18.0 Å². The number of allylic oxidation sites excluding steroid dienone is 1. The number of nitrogens with zero attached hydrogens (tertiary/aromatic N) is 2. The molecular weight excluding hydrogens is 513 g/mol. The Kier molecular flexibility index (Phi) is 8.92. The van der Waals surface area contributed by atoms with Crippen molar-refractivity contribution in [2.75, 3.05) is 6.61 Å². The SMILES string of the molecule is C=C(C)N(Cc1ccc(OC(C)(C)C(=O)OCC)c(C)c1)Cc1sc(-c2ccc(C(F)(F)F)cc2)nc1C. The number of hydrogen-bond donors (Lipinski definition) is 0. The number of esters is 1. The largest absolute Gasteiger partial charge is 0.476 e. The molecule has 0 radical (unpaired) electrons. The monoisotopic (exact) mass is 546 g/mol. The Morgan fingerprint density at radius 3 is 2.29 bits per heavy atom. The molecule has 3 rings (SSSR count). The highest BCUT2D eigenvalue weighted by atomic mass is 32.1. The summed E-state index contributed by atoms with van der Waals surface area (Å²) in [5.41, 5.74) is 2.49. The third kappa shape index (κ3) is 7.16. The van der Waals surface area contributed by atoms with Crippen LogP contribution in [-0.4, -0.2) is 28.1 Å². The van der Waals surface area contributed by atoms with Crippen LogP contribution in [0.15, 0.2) is 54.7 Å². The molecule has 0 bridgehead atoms. The molecule has 0 saturated carbocycles. The third-order valence-corrected chi connectivity index (χ3v) is 7.16. The fourth-order valence-electron chi connectivity index (χ4n) is 3.77. The number of aryl methyl sites for hydroxylation is 2. The molecule has 0 aliphatic carbocycles. The van der Waals surface area contributed by atoms with Gasteiger partial charge in [0.2, 0.25) is 0 Å². The number of ether oxygens (including phenoxy) is 2. The van der Waals surface area contributed by atoms with Crippen molar-refractivity contribution < 1.29 is 27.4 Å². The van der Waals surface area contributed by atoms with Crippen molar-refractivity contribution in [1.82, 2.24) is 9.88 Å². The fraction of sp³-hybridized carbons (Fsp3) is 0.379. The summed E-state index contributed by atoms with van der Waals surface area (Å²) in [5, 5.41) is 0.675. The maximum atomic E-state index is 12.9. The summed E-state index contributed by atoms with van der Waals surface area (Å²) in [5.74, 6) is 0.181. The number of carbonyl (C=O) groups is 1. The van der Waals surface area contributed by atoms with Crippen molar-refractivity contribution in [1.29, 1.82) is 0 Å². The minimum atomic E-state index is -4.37. The second-order valence-corrected chi connectivity index (χ2v) is 10.7. The summed E-state index contributed by atoms with van der Waals surface area (Å²) in [6.07, 6.45) is -4.37. The van der Waals surface area contributed by atoms with E-state index in [4.69, 9.17) is 9.47 Å². The zero-order valence-electron chi connectivity index (χ0n) is 22.5. The van der Waals surface area contributed by atoms with Gasteiger partial charge in [0.05, 0.1) is 24.4 Å². The Hall–Kier alpha value is -3.33. The van der Waals surface area contributed by atoms with E-state index in [2.05, 4.69) is 16.5 Å². The lowest BCUT2D eigenvalue weighted by molar-refractivity contribution is -0.158. The van der Waals surface area contributed by atoms with Crippen LogP contribution in [0, 0.1) is 13.8 Å². The van der Waals surface area contributed by atoms with Gasteiger partial charge >= 0.3 is 12.1 Å². The highest BCUT2D eigenvalue weighted by Crippen LogP contribution is 2.34. The maximum Gasteiger partial charge on any atom is 0.416 e. The van der Waals surface area contributed by atoms with Gasteiger partial charge < -0.3 is 14.4 Å². The molecule has 204 valence electrons. The van der Waals surface area contributed by atoms with Gasteiger partial charge in [-0.25, -0.2) is 9.78 Å². The molecule has 0 saturated heterocycles. The van der Waals surface area contributed by atoms with E-state index in [1.165, 1.54) is 23.5 Å². The average molecular weight is 547 g/mol. The molecular formula is C29H33F3N2O3S. The average Bonchev–Trinajstić information content (AvgIpc) is 3.20. The predicted molar refractivity (Wildman–Crippen MR) is 144 cm³/mol. The molecule has 0 fully saturated rings. The van der Waals surface area contributed by atoms with E-state index in [-0.39, 0.29) is 6.61 Å². The van der Waals surface area contributed by atoms with Crippen LogP contribution in [0.25, 0.3) is 10.6 Å². The van der Waals surface area contributed by atoms with Crippen LogP contribution in [0.4, 0.5) is 13.2 Å². The molecule has 0 aliphatic heterocycles. The highest BCUT2D eigenvalue weighted by Gasteiger charge is 2.32.